The number of pyridine rings is 1. The lowest BCUT2D eigenvalue weighted by atomic mass is 9.87. The van der Waals surface area contributed by atoms with E-state index < -0.39 is 41.3 Å². The first-order valence-corrected chi connectivity index (χ1v) is 9.80. The molecule has 0 spiro atoms. The lowest BCUT2D eigenvalue weighted by Crippen LogP contribution is -2.63. The molecule has 0 saturated carbocycles. The number of nitrogens with two attached hydrogens (primary N) is 1. The molecule has 0 aliphatic carbocycles. The Morgan fingerprint density at radius 3 is 2.44 bits per heavy atom. The first-order chi connectivity index (χ1) is 14.9. The number of phenols is 1. The summed E-state index contributed by atoms with van der Waals surface area (Å²) in [6.45, 7) is 3.28. The number of carbonyl (C=O) groups excluding carboxylic acids is 2. The largest absolute Gasteiger partial charge is 0.506 e. The number of phenolic OH excluding ortho intramolecular Hbond substituents is 1. The van der Waals surface area contributed by atoms with Gasteiger partial charge in [0.25, 0.3) is 0 Å². The number of hydrogen-bond acceptors (Lipinski definition) is 7. The van der Waals surface area contributed by atoms with E-state index in [0.717, 1.165) is 6.07 Å². The second kappa shape index (κ2) is 9.60. The molecule has 0 aliphatic rings. The maximum atomic E-state index is 13.3. The van der Waals surface area contributed by atoms with Crippen LogP contribution in [0.2, 0.25) is 0 Å². The van der Waals surface area contributed by atoms with Gasteiger partial charge in [0.05, 0.1) is 11.6 Å². The average molecular weight is 447 g/mol. The van der Waals surface area contributed by atoms with Crippen LogP contribution in [0.5, 0.6) is 5.75 Å². The normalized spacial score (nSPS) is 14.0. The molecule has 32 heavy (non-hydrogen) atoms. The molecule has 0 aliphatic heterocycles. The Hall–Kier alpha value is -3.73. The fraction of sp³-hybridized carbons (Fsp3) is 0.381. The van der Waals surface area contributed by atoms with Crippen LogP contribution in [0.15, 0.2) is 29.1 Å². The standard InChI is InChI=1S/C21H25N3O8/c1-11(2)9-21(10-25,20(31)32)24(19(30)13(22)6-7-17(28)29)16-8-15(27)12-4-3-5-14(26)18(12)23-16/h3-5,8,10-11,13,26H,6-7,9,22H2,1-2H3,(H,23,27)(H,28,29)(H,31,32)/t13-,21+/m0/s1. The van der Waals surface area contributed by atoms with Crippen LogP contribution in [0.4, 0.5) is 5.82 Å². The Morgan fingerprint density at radius 1 is 1.25 bits per heavy atom. The molecule has 1 aromatic heterocycles. The number of nitrogens with zero attached hydrogens (tertiary/aromatic N) is 1. The van der Waals surface area contributed by atoms with Crippen molar-refractivity contribution in [2.75, 3.05) is 4.90 Å². The number of para-hydroxylation sites is 1. The van der Waals surface area contributed by atoms with Gasteiger partial charge in [0.2, 0.25) is 11.4 Å². The first-order valence-electron chi connectivity index (χ1n) is 9.80. The Kier molecular flexibility index (Phi) is 7.36. The van der Waals surface area contributed by atoms with Crippen molar-refractivity contribution in [3.63, 3.8) is 0 Å². The van der Waals surface area contributed by atoms with E-state index in [1.807, 2.05) is 0 Å². The van der Waals surface area contributed by atoms with E-state index in [4.69, 9.17) is 10.8 Å². The van der Waals surface area contributed by atoms with Gasteiger partial charge in [-0.15, -0.1) is 0 Å². The topological polar surface area (TPSA) is 191 Å². The van der Waals surface area contributed by atoms with E-state index >= 15 is 0 Å². The van der Waals surface area contributed by atoms with Crippen LogP contribution >= 0.6 is 0 Å². The van der Waals surface area contributed by atoms with Crippen LogP contribution in [0.25, 0.3) is 10.9 Å². The molecule has 11 nitrogen and oxygen atoms in total. The fourth-order valence-electron chi connectivity index (χ4n) is 3.51. The summed E-state index contributed by atoms with van der Waals surface area (Å²) in [5.74, 6) is -5.01. The molecule has 2 atom stereocenters. The van der Waals surface area contributed by atoms with Gasteiger partial charge in [-0.2, -0.15) is 0 Å². The lowest BCUT2D eigenvalue weighted by molar-refractivity contribution is -0.148. The van der Waals surface area contributed by atoms with Gasteiger partial charge in [0, 0.05) is 17.9 Å². The molecular formula is C21H25N3O8. The molecule has 0 unspecified atom stereocenters. The van der Waals surface area contributed by atoms with Crippen molar-refractivity contribution < 1.29 is 34.5 Å². The van der Waals surface area contributed by atoms with Crippen molar-refractivity contribution >= 4 is 40.9 Å². The van der Waals surface area contributed by atoms with E-state index in [0.29, 0.717) is 4.90 Å². The van der Waals surface area contributed by atoms with Crippen molar-refractivity contribution in [3.05, 3.63) is 34.5 Å². The Morgan fingerprint density at radius 2 is 1.91 bits per heavy atom. The number of nitrogens with one attached hydrogen (secondary N) is 1. The maximum Gasteiger partial charge on any atom is 0.337 e. The summed E-state index contributed by atoms with van der Waals surface area (Å²) in [7, 11) is 0. The van der Waals surface area contributed by atoms with Crippen LogP contribution in [0, 0.1) is 5.92 Å². The average Bonchev–Trinajstić information content (AvgIpc) is 2.71. The number of carboxylic acid groups (broad SMARTS) is 2. The minimum Gasteiger partial charge on any atom is -0.506 e. The van der Waals surface area contributed by atoms with Crippen LogP contribution in [-0.4, -0.2) is 56.0 Å². The third kappa shape index (κ3) is 4.78. The third-order valence-corrected chi connectivity index (χ3v) is 4.96. The maximum absolute atomic E-state index is 13.3. The number of hydrogen-bond donors (Lipinski definition) is 5. The molecule has 0 saturated heterocycles. The van der Waals surface area contributed by atoms with Gasteiger partial charge in [0.15, 0.2) is 11.7 Å². The number of anilines is 1. The highest BCUT2D eigenvalue weighted by molar-refractivity contribution is 6.12. The SMILES string of the molecule is CC(C)C[C@@](C=O)(C(=O)O)N(C(=O)[C@@H](N)CCC(=O)O)c1cc(=O)c2cccc(O)c2[nH]1. The molecule has 2 aromatic rings. The van der Waals surface area contributed by atoms with E-state index in [-0.39, 0.29) is 47.5 Å². The lowest BCUT2D eigenvalue weighted by Gasteiger charge is -2.38. The number of H-pyrrole nitrogens is 1. The molecule has 172 valence electrons. The molecule has 1 amide bonds. The van der Waals surface area contributed by atoms with Crippen LogP contribution in [0.1, 0.15) is 33.1 Å². The van der Waals surface area contributed by atoms with E-state index in [2.05, 4.69) is 4.98 Å². The van der Waals surface area contributed by atoms with Crippen molar-refractivity contribution in [1.82, 2.24) is 4.98 Å². The molecule has 0 fully saturated rings. The zero-order chi connectivity index (χ0) is 24.2. The molecule has 1 heterocycles. The summed E-state index contributed by atoms with van der Waals surface area (Å²) in [6.07, 6.45) is -1.03. The predicted molar refractivity (Wildman–Crippen MR) is 114 cm³/mol. The minimum absolute atomic E-state index is 0.0679. The number of aromatic hydroxyl groups is 1. The Labute approximate surface area is 182 Å². The summed E-state index contributed by atoms with van der Waals surface area (Å²) in [5, 5.41) is 29.1. The smallest absolute Gasteiger partial charge is 0.337 e. The number of aldehydes is 1. The van der Waals surface area contributed by atoms with Crippen LogP contribution in [-0.2, 0) is 19.2 Å². The van der Waals surface area contributed by atoms with Gasteiger partial charge in [-0.3, -0.25) is 19.3 Å². The molecule has 1 aromatic carbocycles. The van der Waals surface area contributed by atoms with Crippen molar-refractivity contribution in [2.45, 2.75) is 44.7 Å². The molecule has 11 heteroatoms. The number of carbonyl (C=O) groups is 4. The van der Waals surface area contributed by atoms with Crippen LogP contribution < -0.4 is 16.1 Å². The number of rotatable bonds is 10. The number of amides is 1. The number of aliphatic carboxylic acids is 2. The highest BCUT2D eigenvalue weighted by atomic mass is 16.4. The summed E-state index contributed by atoms with van der Waals surface area (Å²) in [6, 6.07) is 3.60. The van der Waals surface area contributed by atoms with Gasteiger partial charge in [-0.05, 0) is 30.9 Å². The van der Waals surface area contributed by atoms with Crippen LogP contribution in [0.3, 0.4) is 0 Å². The summed E-state index contributed by atoms with van der Waals surface area (Å²) in [5.41, 5.74) is 2.71. The number of carboxylic acids is 2. The predicted octanol–water partition coefficient (Wildman–Crippen LogP) is 0.827. The highest BCUT2D eigenvalue weighted by Crippen LogP contribution is 2.31. The highest BCUT2D eigenvalue weighted by Gasteiger charge is 2.49. The molecule has 0 bridgehead atoms. The zero-order valence-corrected chi connectivity index (χ0v) is 17.6. The summed E-state index contributed by atoms with van der Waals surface area (Å²) >= 11 is 0. The van der Waals surface area contributed by atoms with Gasteiger partial charge in [0.1, 0.15) is 11.6 Å². The number of aromatic amines is 1. The summed E-state index contributed by atoms with van der Waals surface area (Å²) < 4.78 is 0. The second-order valence-corrected chi connectivity index (χ2v) is 7.88. The van der Waals surface area contributed by atoms with E-state index in [1.165, 1.54) is 18.2 Å². The molecule has 2 rings (SSSR count). The molecular weight excluding hydrogens is 422 g/mol. The fourth-order valence-corrected chi connectivity index (χ4v) is 3.51. The zero-order valence-electron chi connectivity index (χ0n) is 17.6. The number of aromatic nitrogens is 1. The second-order valence-electron chi connectivity index (χ2n) is 7.88. The monoisotopic (exact) mass is 447 g/mol. The first kappa shape index (κ1) is 24.5. The van der Waals surface area contributed by atoms with E-state index in [1.54, 1.807) is 13.8 Å². The molecule has 6 N–H and O–H groups in total. The van der Waals surface area contributed by atoms with Gasteiger partial charge in [-0.25, -0.2) is 4.79 Å². The van der Waals surface area contributed by atoms with E-state index in [9.17, 15) is 34.2 Å². The number of benzene rings is 1. The van der Waals surface area contributed by atoms with Gasteiger partial charge < -0.3 is 30.8 Å². The Bertz CT molecular complexity index is 1110. The van der Waals surface area contributed by atoms with Crippen molar-refractivity contribution in [1.29, 1.82) is 0 Å². The quantitative estimate of drug-likeness (QED) is 0.259. The minimum atomic E-state index is -2.44. The van der Waals surface area contributed by atoms with Crippen molar-refractivity contribution in [2.24, 2.45) is 11.7 Å². The van der Waals surface area contributed by atoms with Gasteiger partial charge >= 0.3 is 11.9 Å². The summed E-state index contributed by atoms with van der Waals surface area (Å²) in [4.78, 5) is 64.6. The Balaban J connectivity index is 2.80. The molecule has 0 radical (unpaired) electrons. The van der Waals surface area contributed by atoms with Gasteiger partial charge in [-0.1, -0.05) is 19.9 Å². The van der Waals surface area contributed by atoms with Crippen molar-refractivity contribution in [3.8, 4) is 5.75 Å². The number of fused-ring (bicyclic) bond motifs is 1. The third-order valence-electron chi connectivity index (χ3n) is 4.96.